The largest absolute Gasteiger partial charge is 0.0888 e. The number of alkyl halides is 1. The summed E-state index contributed by atoms with van der Waals surface area (Å²) in [6.07, 6.45) is 5.38. The first-order valence-corrected chi connectivity index (χ1v) is 7.76. The van der Waals surface area contributed by atoms with Gasteiger partial charge in [-0.05, 0) is 49.0 Å². The molecule has 0 nitrogen and oxygen atoms in total. The quantitative estimate of drug-likeness (QED) is 0.683. The Bertz CT molecular complexity index is 331. The lowest BCUT2D eigenvalue weighted by Crippen LogP contribution is -2.29. The maximum Gasteiger partial charge on any atom is 0.0177 e. The van der Waals surface area contributed by atoms with Crippen molar-refractivity contribution in [1.82, 2.24) is 0 Å². The van der Waals surface area contributed by atoms with Crippen LogP contribution in [0.1, 0.15) is 38.7 Å². The van der Waals surface area contributed by atoms with Crippen molar-refractivity contribution in [2.45, 2.75) is 44.4 Å². The van der Waals surface area contributed by atoms with E-state index in [4.69, 9.17) is 0 Å². The van der Waals surface area contributed by atoms with Gasteiger partial charge in [-0.2, -0.15) is 0 Å². The summed E-state index contributed by atoms with van der Waals surface area (Å²) in [5.74, 6) is 2.59. The van der Waals surface area contributed by atoms with Crippen LogP contribution in [0.25, 0.3) is 0 Å². The monoisotopic (exact) mass is 294 g/mol. The Morgan fingerprint density at radius 2 is 1.88 bits per heavy atom. The summed E-state index contributed by atoms with van der Waals surface area (Å²) >= 11 is 3.89. The molecule has 0 N–H and O–H groups in total. The van der Waals surface area contributed by atoms with Crippen LogP contribution in [0.3, 0.4) is 0 Å². The van der Waals surface area contributed by atoms with Gasteiger partial charge >= 0.3 is 0 Å². The van der Waals surface area contributed by atoms with Gasteiger partial charge in [0.1, 0.15) is 0 Å². The molecule has 0 heterocycles. The van der Waals surface area contributed by atoms with Gasteiger partial charge in [0.25, 0.3) is 0 Å². The molecular weight excluding hydrogens is 272 g/mol. The van der Waals surface area contributed by atoms with Gasteiger partial charge in [-0.25, -0.2) is 0 Å². The fourth-order valence-electron chi connectivity index (χ4n) is 3.00. The molecule has 0 aliphatic heterocycles. The van der Waals surface area contributed by atoms with Crippen molar-refractivity contribution in [2.24, 2.45) is 17.8 Å². The molecule has 1 aliphatic rings. The maximum atomic E-state index is 3.89. The lowest BCUT2D eigenvalue weighted by Gasteiger charge is -2.35. The van der Waals surface area contributed by atoms with Crippen LogP contribution < -0.4 is 0 Å². The molecule has 2 rings (SSSR count). The number of hydrogen-bond donors (Lipinski definition) is 0. The first-order valence-electron chi connectivity index (χ1n) is 6.85. The third-order valence-corrected chi connectivity index (χ3v) is 5.42. The van der Waals surface area contributed by atoms with Gasteiger partial charge in [0.05, 0.1) is 0 Å². The SMILES string of the molecule is CC(C)C1CCC(Br)C(Cc2ccccc2)C1. The fourth-order valence-corrected chi connectivity index (χ4v) is 3.66. The zero-order chi connectivity index (χ0) is 12.3. The minimum absolute atomic E-state index is 0.720. The van der Waals surface area contributed by atoms with E-state index in [1.807, 2.05) is 0 Å². The van der Waals surface area contributed by atoms with Crippen LogP contribution in [-0.2, 0) is 6.42 Å². The molecule has 94 valence electrons. The van der Waals surface area contributed by atoms with Gasteiger partial charge in [-0.1, -0.05) is 60.1 Å². The summed E-state index contributed by atoms with van der Waals surface area (Å²) in [6, 6.07) is 10.9. The molecular formula is C16H23Br. The molecule has 0 radical (unpaired) electrons. The summed E-state index contributed by atoms with van der Waals surface area (Å²) < 4.78 is 0. The maximum absolute atomic E-state index is 3.89. The standard InChI is InChI=1S/C16H23Br/c1-12(2)14-8-9-16(17)15(11-14)10-13-6-4-3-5-7-13/h3-7,12,14-16H,8-11H2,1-2H3. The van der Waals surface area contributed by atoms with Gasteiger partial charge in [-0.3, -0.25) is 0 Å². The lowest BCUT2D eigenvalue weighted by atomic mass is 9.74. The van der Waals surface area contributed by atoms with Crippen molar-refractivity contribution < 1.29 is 0 Å². The molecule has 3 unspecified atom stereocenters. The normalized spacial score (nSPS) is 29.5. The van der Waals surface area contributed by atoms with E-state index >= 15 is 0 Å². The van der Waals surface area contributed by atoms with Crippen LogP contribution in [0.15, 0.2) is 30.3 Å². The second-order valence-electron chi connectivity index (χ2n) is 5.78. The van der Waals surface area contributed by atoms with Crippen LogP contribution in [0.5, 0.6) is 0 Å². The molecule has 0 bridgehead atoms. The Kier molecular flexibility index (Phi) is 4.67. The molecule has 0 amide bonds. The minimum Gasteiger partial charge on any atom is -0.0888 e. The van der Waals surface area contributed by atoms with E-state index < -0.39 is 0 Å². The molecule has 3 atom stereocenters. The minimum atomic E-state index is 0.720. The van der Waals surface area contributed by atoms with Crippen LogP contribution in [0.2, 0.25) is 0 Å². The van der Waals surface area contributed by atoms with E-state index in [1.165, 1.54) is 31.2 Å². The van der Waals surface area contributed by atoms with Crippen LogP contribution in [0, 0.1) is 17.8 Å². The number of hydrogen-bond acceptors (Lipinski definition) is 0. The zero-order valence-electron chi connectivity index (χ0n) is 10.9. The Labute approximate surface area is 114 Å². The Balaban J connectivity index is 1.99. The molecule has 0 saturated heterocycles. The van der Waals surface area contributed by atoms with Gasteiger partial charge in [0.2, 0.25) is 0 Å². The van der Waals surface area contributed by atoms with Crippen molar-refractivity contribution in [3.05, 3.63) is 35.9 Å². The number of benzene rings is 1. The Morgan fingerprint density at radius 1 is 1.18 bits per heavy atom. The van der Waals surface area contributed by atoms with Crippen molar-refractivity contribution >= 4 is 15.9 Å². The van der Waals surface area contributed by atoms with Crippen LogP contribution >= 0.6 is 15.9 Å². The van der Waals surface area contributed by atoms with E-state index in [-0.39, 0.29) is 0 Å². The summed E-state index contributed by atoms with van der Waals surface area (Å²) in [4.78, 5) is 0.720. The second kappa shape index (κ2) is 6.04. The molecule has 0 aromatic heterocycles. The first kappa shape index (κ1) is 13.1. The molecule has 0 spiro atoms. The molecule has 17 heavy (non-hydrogen) atoms. The Morgan fingerprint density at radius 3 is 2.53 bits per heavy atom. The van der Waals surface area contributed by atoms with Crippen LogP contribution in [-0.4, -0.2) is 4.83 Å². The number of rotatable bonds is 3. The summed E-state index contributed by atoms with van der Waals surface area (Å²) in [6.45, 7) is 4.75. The van der Waals surface area contributed by atoms with Crippen molar-refractivity contribution in [3.8, 4) is 0 Å². The smallest absolute Gasteiger partial charge is 0.0177 e. The van der Waals surface area contributed by atoms with Gasteiger partial charge < -0.3 is 0 Å². The highest BCUT2D eigenvalue weighted by molar-refractivity contribution is 9.09. The highest BCUT2D eigenvalue weighted by atomic mass is 79.9. The summed E-state index contributed by atoms with van der Waals surface area (Å²) in [5.41, 5.74) is 1.49. The highest BCUT2D eigenvalue weighted by Gasteiger charge is 2.30. The zero-order valence-corrected chi connectivity index (χ0v) is 12.5. The second-order valence-corrected chi connectivity index (χ2v) is 6.96. The fraction of sp³-hybridized carbons (Fsp3) is 0.625. The van der Waals surface area contributed by atoms with Gasteiger partial charge in [-0.15, -0.1) is 0 Å². The van der Waals surface area contributed by atoms with E-state index in [2.05, 4.69) is 60.1 Å². The van der Waals surface area contributed by atoms with Crippen molar-refractivity contribution in [1.29, 1.82) is 0 Å². The molecule has 1 aromatic carbocycles. The van der Waals surface area contributed by atoms with Crippen molar-refractivity contribution in [2.75, 3.05) is 0 Å². The lowest BCUT2D eigenvalue weighted by molar-refractivity contribution is 0.223. The number of halogens is 1. The molecule has 1 fully saturated rings. The third-order valence-electron chi connectivity index (χ3n) is 4.21. The predicted octanol–water partition coefficient (Wildman–Crippen LogP) is 5.06. The summed E-state index contributed by atoms with van der Waals surface area (Å²) in [5, 5.41) is 0. The molecule has 1 aliphatic carbocycles. The topological polar surface area (TPSA) is 0 Å². The van der Waals surface area contributed by atoms with Crippen LogP contribution in [0.4, 0.5) is 0 Å². The predicted molar refractivity (Wildman–Crippen MR) is 78.5 cm³/mol. The van der Waals surface area contributed by atoms with E-state index in [0.29, 0.717) is 0 Å². The average molecular weight is 295 g/mol. The Hall–Kier alpha value is -0.300. The van der Waals surface area contributed by atoms with E-state index in [0.717, 1.165) is 22.6 Å². The molecule has 1 heteroatoms. The van der Waals surface area contributed by atoms with E-state index in [9.17, 15) is 0 Å². The van der Waals surface area contributed by atoms with Crippen molar-refractivity contribution in [3.63, 3.8) is 0 Å². The average Bonchev–Trinajstić information content (AvgIpc) is 2.33. The van der Waals surface area contributed by atoms with E-state index in [1.54, 1.807) is 0 Å². The van der Waals surface area contributed by atoms with Gasteiger partial charge in [0.15, 0.2) is 0 Å². The molecule has 1 aromatic rings. The third kappa shape index (κ3) is 3.58. The molecule has 1 saturated carbocycles. The highest BCUT2D eigenvalue weighted by Crippen LogP contribution is 2.38. The first-order chi connectivity index (χ1) is 8.16. The summed E-state index contributed by atoms with van der Waals surface area (Å²) in [7, 11) is 0. The van der Waals surface area contributed by atoms with Gasteiger partial charge in [0, 0.05) is 4.83 Å².